The summed E-state index contributed by atoms with van der Waals surface area (Å²) in [5, 5.41) is 2.58. The predicted molar refractivity (Wildman–Crippen MR) is 104 cm³/mol. The zero-order valence-electron chi connectivity index (χ0n) is 16.3. The summed E-state index contributed by atoms with van der Waals surface area (Å²) in [6.07, 6.45) is 0.432. The quantitative estimate of drug-likeness (QED) is 0.717. The van der Waals surface area contributed by atoms with Gasteiger partial charge in [0.1, 0.15) is 11.8 Å². The van der Waals surface area contributed by atoms with Gasteiger partial charge in [0.05, 0.1) is 7.11 Å². The molecule has 0 fully saturated rings. The number of hydrogen-bond donors (Lipinski definition) is 1. The minimum absolute atomic E-state index is 0.00626. The third-order valence-corrected chi connectivity index (χ3v) is 4.33. The summed E-state index contributed by atoms with van der Waals surface area (Å²) in [6.45, 7) is 1.67. The number of methoxy groups -OCH3 is 1. The van der Waals surface area contributed by atoms with Gasteiger partial charge < -0.3 is 19.7 Å². The molecule has 0 aromatic heterocycles. The Morgan fingerprint density at radius 2 is 1.82 bits per heavy atom. The molecule has 1 atom stereocenters. The fraction of sp³-hybridized carbons (Fsp3) is 0.333. The van der Waals surface area contributed by atoms with E-state index in [1.165, 1.54) is 24.1 Å². The topological polar surface area (TPSA) is 67.9 Å². The van der Waals surface area contributed by atoms with E-state index in [0.717, 1.165) is 5.56 Å². The van der Waals surface area contributed by atoms with Gasteiger partial charge in [-0.25, -0.2) is 4.39 Å². The van der Waals surface area contributed by atoms with Crippen LogP contribution >= 0.6 is 0 Å². The average molecular weight is 388 g/mol. The summed E-state index contributed by atoms with van der Waals surface area (Å²) < 4.78 is 24.2. The highest BCUT2D eigenvalue weighted by molar-refractivity contribution is 5.88. The van der Waals surface area contributed by atoms with Gasteiger partial charge in [-0.3, -0.25) is 9.59 Å². The lowest BCUT2D eigenvalue weighted by Gasteiger charge is -2.30. The fourth-order valence-corrected chi connectivity index (χ4v) is 2.80. The molecule has 150 valence electrons. The van der Waals surface area contributed by atoms with Gasteiger partial charge in [-0.2, -0.15) is 0 Å². The number of rotatable bonds is 9. The second-order valence-corrected chi connectivity index (χ2v) is 6.13. The summed E-state index contributed by atoms with van der Waals surface area (Å²) in [6, 6.07) is 12.4. The van der Waals surface area contributed by atoms with E-state index in [-0.39, 0.29) is 24.8 Å². The van der Waals surface area contributed by atoms with Crippen LogP contribution in [0.25, 0.3) is 0 Å². The van der Waals surface area contributed by atoms with Crippen molar-refractivity contribution in [2.45, 2.75) is 25.9 Å². The number of ether oxygens (including phenoxy) is 2. The molecule has 2 aromatic rings. The van der Waals surface area contributed by atoms with Gasteiger partial charge in [-0.1, -0.05) is 31.2 Å². The normalized spacial score (nSPS) is 11.4. The first-order chi connectivity index (χ1) is 13.5. The Bertz CT molecular complexity index is 795. The van der Waals surface area contributed by atoms with Gasteiger partial charge in [-0.15, -0.1) is 0 Å². The van der Waals surface area contributed by atoms with Crippen molar-refractivity contribution >= 4 is 11.8 Å². The molecule has 7 heteroatoms. The first-order valence-electron chi connectivity index (χ1n) is 9.01. The molecule has 0 saturated carbocycles. The molecule has 0 spiro atoms. The first-order valence-corrected chi connectivity index (χ1v) is 9.01. The Morgan fingerprint density at radius 3 is 2.39 bits per heavy atom. The number of carbonyl (C=O) groups is 2. The van der Waals surface area contributed by atoms with Gasteiger partial charge >= 0.3 is 0 Å². The number of nitrogens with zero attached hydrogens (tertiary/aromatic N) is 1. The Labute approximate surface area is 164 Å². The smallest absolute Gasteiger partial charge is 0.261 e. The molecule has 6 nitrogen and oxygen atoms in total. The number of benzene rings is 2. The molecule has 0 heterocycles. The zero-order valence-corrected chi connectivity index (χ0v) is 16.3. The van der Waals surface area contributed by atoms with Crippen molar-refractivity contribution in [3.63, 3.8) is 0 Å². The average Bonchev–Trinajstić information content (AvgIpc) is 2.73. The zero-order chi connectivity index (χ0) is 20.5. The third-order valence-electron chi connectivity index (χ3n) is 4.33. The van der Waals surface area contributed by atoms with Crippen LogP contribution in [0.4, 0.5) is 4.39 Å². The number of halogens is 1. The van der Waals surface area contributed by atoms with Gasteiger partial charge in [-0.05, 0) is 36.2 Å². The standard InChI is InChI=1S/C21H25FN2O4/c1-4-18(21(26)23-2)24(13-15-9-11-16(27-3)12-10-15)20(25)14-28-19-8-6-5-7-17(19)22/h5-12,18H,4,13-14H2,1-3H3,(H,23,26)/t18-/m1/s1. The molecule has 2 rings (SSSR count). The second kappa shape index (κ2) is 10.3. The Kier molecular flexibility index (Phi) is 7.80. The second-order valence-electron chi connectivity index (χ2n) is 6.13. The van der Waals surface area contributed by atoms with Crippen molar-refractivity contribution in [1.29, 1.82) is 0 Å². The molecule has 1 N–H and O–H groups in total. The molecule has 0 aliphatic rings. The van der Waals surface area contributed by atoms with Crippen LogP contribution in [-0.2, 0) is 16.1 Å². The molecule has 0 aliphatic heterocycles. The molecular weight excluding hydrogens is 363 g/mol. The highest BCUT2D eigenvalue weighted by atomic mass is 19.1. The minimum atomic E-state index is -0.663. The third kappa shape index (κ3) is 5.45. The summed E-state index contributed by atoms with van der Waals surface area (Å²) in [4.78, 5) is 26.6. The largest absolute Gasteiger partial charge is 0.497 e. The van der Waals surface area contributed by atoms with Gasteiger partial charge in [0.2, 0.25) is 5.91 Å². The van der Waals surface area contributed by atoms with Crippen molar-refractivity contribution in [2.24, 2.45) is 0 Å². The molecule has 0 bridgehead atoms. The summed E-state index contributed by atoms with van der Waals surface area (Å²) in [5.74, 6) is -0.531. The van der Waals surface area contributed by atoms with E-state index in [0.29, 0.717) is 12.2 Å². The lowest BCUT2D eigenvalue weighted by molar-refractivity contribution is -0.142. The maximum Gasteiger partial charge on any atom is 0.261 e. The molecule has 0 radical (unpaired) electrons. The summed E-state index contributed by atoms with van der Waals surface area (Å²) in [7, 11) is 3.10. The number of likely N-dealkylation sites (N-methyl/N-ethyl adjacent to an activating group) is 1. The maximum atomic E-state index is 13.7. The van der Waals surface area contributed by atoms with Crippen LogP contribution in [0.2, 0.25) is 0 Å². The van der Waals surface area contributed by atoms with Crippen LogP contribution in [0, 0.1) is 5.82 Å². The van der Waals surface area contributed by atoms with Crippen LogP contribution in [0.3, 0.4) is 0 Å². The highest BCUT2D eigenvalue weighted by Crippen LogP contribution is 2.18. The molecule has 2 amide bonds. The van der Waals surface area contributed by atoms with Crippen LogP contribution < -0.4 is 14.8 Å². The van der Waals surface area contributed by atoms with Gasteiger partial charge in [0.25, 0.3) is 5.91 Å². The van der Waals surface area contributed by atoms with Crippen molar-refractivity contribution in [1.82, 2.24) is 10.2 Å². The fourth-order valence-electron chi connectivity index (χ4n) is 2.80. The van der Waals surface area contributed by atoms with E-state index in [2.05, 4.69) is 5.32 Å². The van der Waals surface area contributed by atoms with Crippen LogP contribution in [-0.4, -0.2) is 43.5 Å². The minimum Gasteiger partial charge on any atom is -0.497 e. The van der Waals surface area contributed by atoms with E-state index in [1.807, 2.05) is 19.1 Å². The Hall–Kier alpha value is -3.09. The number of hydrogen-bond acceptors (Lipinski definition) is 4. The SMILES string of the molecule is CC[C@H](C(=O)NC)N(Cc1ccc(OC)cc1)C(=O)COc1ccccc1F. The first kappa shape index (κ1) is 21.2. The molecule has 2 aromatic carbocycles. The molecular formula is C21H25FN2O4. The van der Waals surface area contributed by atoms with Crippen LogP contribution in [0.15, 0.2) is 48.5 Å². The predicted octanol–water partition coefficient (Wildman–Crippen LogP) is 2.77. The monoisotopic (exact) mass is 388 g/mol. The summed E-state index contributed by atoms with van der Waals surface area (Å²) in [5.41, 5.74) is 0.836. The molecule has 28 heavy (non-hydrogen) atoms. The lowest BCUT2D eigenvalue weighted by Crippen LogP contribution is -2.49. The van der Waals surface area contributed by atoms with E-state index < -0.39 is 17.8 Å². The van der Waals surface area contributed by atoms with E-state index >= 15 is 0 Å². The van der Waals surface area contributed by atoms with Gasteiger partial charge in [0.15, 0.2) is 18.2 Å². The van der Waals surface area contributed by atoms with Crippen molar-refractivity contribution in [2.75, 3.05) is 20.8 Å². The number of carbonyl (C=O) groups excluding carboxylic acids is 2. The van der Waals surface area contributed by atoms with E-state index in [1.54, 1.807) is 31.4 Å². The Morgan fingerprint density at radius 1 is 1.14 bits per heavy atom. The van der Waals surface area contributed by atoms with Crippen LogP contribution in [0.5, 0.6) is 11.5 Å². The lowest BCUT2D eigenvalue weighted by atomic mass is 10.1. The highest BCUT2D eigenvalue weighted by Gasteiger charge is 2.28. The van der Waals surface area contributed by atoms with E-state index in [9.17, 15) is 14.0 Å². The van der Waals surface area contributed by atoms with Crippen molar-refractivity contribution in [3.05, 3.63) is 59.9 Å². The molecule has 0 saturated heterocycles. The van der Waals surface area contributed by atoms with E-state index in [4.69, 9.17) is 9.47 Å². The number of nitrogens with one attached hydrogen (secondary N) is 1. The Balaban J connectivity index is 2.19. The molecule has 0 unspecified atom stereocenters. The maximum absolute atomic E-state index is 13.7. The van der Waals surface area contributed by atoms with Crippen molar-refractivity contribution in [3.8, 4) is 11.5 Å². The van der Waals surface area contributed by atoms with Crippen molar-refractivity contribution < 1.29 is 23.5 Å². The van der Waals surface area contributed by atoms with Crippen LogP contribution in [0.1, 0.15) is 18.9 Å². The number of amides is 2. The van der Waals surface area contributed by atoms with Gasteiger partial charge in [0, 0.05) is 13.6 Å². The molecule has 0 aliphatic carbocycles. The number of para-hydroxylation sites is 1. The summed E-state index contributed by atoms with van der Waals surface area (Å²) >= 11 is 0.